The lowest BCUT2D eigenvalue weighted by Gasteiger charge is -2.30. The van der Waals surface area contributed by atoms with E-state index in [-0.39, 0.29) is 5.91 Å². The fraction of sp³-hybridized carbons (Fsp3) is 0.562. The van der Waals surface area contributed by atoms with Gasteiger partial charge in [0.25, 0.3) is 5.91 Å². The minimum Gasteiger partial charge on any atom is -0.337 e. The molecular weight excluding hydrogens is 314 g/mol. The summed E-state index contributed by atoms with van der Waals surface area (Å²) in [6.45, 7) is 8.07. The Kier molecular flexibility index (Phi) is 4.43. The molecule has 1 aliphatic heterocycles. The van der Waals surface area contributed by atoms with Crippen molar-refractivity contribution < 1.29 is 4.79 Å². The second-order valence-corrected chi connectivity index (χ2v) is 6.74. The third-order valence-electron chi connectivity index (χ3n) is 4.38. The van der Waals surface area contributed by atoms with E-state index in [1.54, 1.807) is 15.4 Å². The number of hydrogen-bond acceptors (Lipinski definition) is 3. The van der Waals surface area contributed by atoms with E-state index in [9.17, 15) is 4.79 Å². The Morgan fingerprint density at radius 3 is 2.83 bits per heavy atom. The number of carbonyl (C=O) groups excluding carboxylic acids is 1. The average Bonchev–Trinajstić information content (AvgIpc) is 3.08. The van der Waals surface area contributed by atoms with Crippen molar-refractivity contribution in [3.63, 3.8) is 0 Å². The number of rotatable bonds is 3. The van der Waals surface area contributed by atoms with Gasteiger partial charge in [0.15, 0.2) is 0 Å². The largest absolute Gasteiger partial charge is 0.337 e. The molecule has 1 amide bonds. The molecule has 1 fully saturated rings. The lowest BCUT2D eigenvalue weighted by atomic mass is 10.0. The van der Waals surface area contributed by atoms with Gasteiger partial charge in [-0.3, -0.25) is 9.48 Å². The molecule has 0 radical (unpaired) electrons. The van der Waals surface area contributed by atoms with Gasteiger partial charge in [0.05, 0.1) is 16.4 Å². The Bertz CT molecular complexity index is 720. The van der Waals surface area contributed by atoms with Gasteiger partial charge in [-0.1, -0.05) is 18.5 Å². The fourth-order valence-electron chi connectivity index (χ4n) is 3.04. The van der Waals surface area contributed by atoms with E-state index in [1.807, 2.05) is 24.9 Å². The van der Waals surface area contributed by atoms with Crippen LogP contribution in [0.5, 0.6) is 0 Å². The predicted molar refractivity (Wildman–Crippen MR) is 88.6 cm³/mol. The van der Waals surface area contributed by atoms with Gasteiger partial charge >= 0.3 is 0 Å². The number of nitrogens with zero attached hydrogens (tertiary/aromatic N) is 5. The number of amides is 1. The maximum absolute atomic E-state index is 12.5. The first-order chi connectivity index (χ1) is 11.0. The van der Waals surface area contributed by atoms with Crippen molar-refractivity contribution in [1.29, 1.82) is 0 Å². The van der Waals surface area contributed by atoms with Crippen molar-refractivity contribution in [1.82, 2.24) is 24.5 Å². The van der Waals surface area contributed by atoms with Crippen molar-refractivity contribution >= 4 is 17.5 Å². The zero-order valence-electron chi connectivity index (χ0n) is 13.8. The highest BCUT2D eigenvalue weighted by atomic mass is 35.5. The molecule has 2 aromatic heterocycles. The van der Waals surface area contributed by atoms with Gasteiger partial charge in [-0.15, -0.1) is 0 Å². The second-order valence-electron chi connectivity index (χ2n) is 6.36. The summed E-state index contributed by atoms with van der Waals surface area (Å²) in [5.41, 5.74) is 2.19. The predicted octanol–water partition coefficient (Wildman–Crippen LogP) is 2.73. The molecule has 3 rings (SSSR count). The third kappa shape index (κ3) is 3.27. The van der Waals surface area contributed by atoms with E-state index in [0.717, 1.165) is 30.9 Å². The molecule has 1 aliphatic rings. The Labute approximate surface area is 141 Å². The summed E-state index contributed by atoms with van der Waals surface area (Å²) in [5.74, 6) is 0.577. The first-order valence-electron chi connectivity index (χ1n) is 7.98. The molecule has 1 saturated heterocycles. The molecular formula is C16H22ClN5O. The average molecular weight is 336 g/mol. The lowest BCUT2D eigenvalue weighted by molar-refractivity contribution is 0.0676. The Balaban J connectivity index is 1.72. The van der Waals surface area contributed by atoms with Crippen molar-refractivity contribution in [2.24, 2.45) is 5.92 Å². The zero-order valence-corrected chi connectivity index (χ0v) is 14.5. The molecule has 0 spiro atoms. The number of aromatic nitrogens is 4. The van der Waals surface area contributed by atoms with Crippen LogP contribution in [0, 0.1) is 19.8 Å². The quantitative estimate of drug-likeness (QED) is 0.866. The normalized spacial score (nSPS) is 18.4. The number of likely N-dealkylation sites (tertiary alicyclic amines) is 1. The van der Waals surface area contributed by atoms with Crippen LogP contribution in [0.2, 0.25) is 5.02 Å². The van der Waals surface area contributed by atoms with Crippen LogP contribution in [0.4, 0.5) is 0 Å². The highest BCUT2D eigenvalue weighted by Crippen LogP contribution is 2.19. The first kappa shape index (κ1) is 16.1. The van der Waals surface area contributed by atoms with Crippen molar-refractivity contribution in [2.75, 3.05) is 13.1 Å². The monoisotopic (exact) mass is 335 g/mol. The number of piperidine rings is 1. The van der Waals surface area contributed by atoms with E-state index >= 15 is 0 Å². The number of hydrogen-bond donors (Lipinski definition) is 0. The second kappa shape index (κ2) is 6.35. The Morgan fingerprint density at radius 2 is 2.17 bits per heavy atom. The summed E-state index contributed by atoms with van der Waals surface area (Å²) in [6, 6.07) is 1.77. The van der Waals surface area contributed by atoms with E-state index in [2.05, 4.69) is 17.1 Å². The van der Waals surface area contributed by atoms with Gasteiger partial charge in [-0.2, -0.15) is 10.2 Å². The SMILES string of the molecule is Cc1nn(Cn2ccc(C(=O)N3CCC[C@@H](C)C3)n2)c(C)c1Cl. The number of carbonyl (C=O) groups is 1. The Hall–Kier alpha value is -1.82. The molecule has 3 heterocycles. The lowest BCUT2D eigenvalue weighted by Crippen LogP contribution is -2.39. The van der Waals surface area contributed by atoms with Crippen LogP contribution >= 0.6 is 11.6 Å². The molecule has 6 nitrogen and oxygen atoms in total. The highest BCUT2D eigenvalue weighted by molar-refractivity contribution is 6.31. The van der Waals surface area contributed by atoms with Crippen LogP contribution in [0.1, 0.15) is 41.6 Å². The summed E-state index contributed by atoms with van der Waals surface area (Å²) in [6.07, 6.45) is 4.07. The topological polar surface area (TPSA) is 56.0 Å². The van der Waals surface area contributed by atoms with Crippen LogP contribution < -0.4 is 0 Å². The maximum Gasteiger partial charge on any atom is 0.274 e. The van der Waals surface area contributed by atoms with Crippen LogP contribution in [-0.2, 0) is 6.67 Å². The summed E-state index contributed by atoms with van der Waals surface area (Å²) >= 11 is 6.16. The van der Waals surface area contributed by atoms with E-state index < -0.39 is 0 Å². The molecule has 124 valence electrons. The molecule has 0 aromatic carbocycles. The molecule has 0 saturated carbocycles. The summed E-state index contributed by atoms with van der Waals surface area (Å²) in [4.78, 5) is 14.4. The maximum atomic E-state index is 12.5. The molecule has 0 N–H and O–H groups in total. The van der Waals surface area contributed by atoms with Gasteiger partial charge < -0.3 is 4.90 Å². The van der Waals surface area contributed by atoms with Crippen LogP contribution in [0.25, 0.3) is 0 Å². The molecule has 0 unspecified atom stereocenters. The van der Waals surface area contributed by atoms with Gasteiger partial charge in [-0.25, -0.2) is 4.68 Å². The summed E-state index contributed by atoms with van der Waals surface area (Å²) in [5, 5.41) is 9.47. The molecule has 0 bridgehead atoms. The highest BCUT2D eigenvalue weighted by Gasteiger charge is 2.23. The smallest absolute Gasteiger partial charge is 0.274 e. The molecule has 1 atom stereocenters. The minimum absolute atomic E-state index is 0.0155. The van der Waals surface area contributed by atoms with Crippen LogP contribution in [-0.4, -0.2) is 43.5 Å². The first-order valence-corrected chi connectivity index (χ1v) is 8.35. The fourth-order valence-corrected chi connectivity index (χ4v) is 3.18. The standard InChI is InChI=1S/C16H22ClN5O/c1-11-5-4-7-20(9-11)16(23)14-6-8-21(19-14)10-22-13(3)15(17)12(2)18-22/h6,8,11H,4-5,7,9-10H2,1-3H3/t11-/m1/s1. The van der Waals surface area contributed by atoms with E-state index in [4.69, 9.17) is 11.6 Å². The number of halogens is 1. The van der Waals surface area contributed by atoms with E-state index in [0.29, 0.717) is 23.3 Å². The van der Waals surface area contributed by atoms with Crippen LogP contribution in [0.15, 0.2) is 12.3 Å². The van der Waals surface area contributed by atoms with Crippen molar-refractivity contribution in [3.8, 4) is 0 Å². The Morgan fingerprint density at radius 1 is 1.39 bits per heavy atom. The number of aryl methyl sites for hydroxylation is 1. The van der Waals surface area contributed by atoms with Gasteiger partial charge in [-0.05, 0) is 38.7 Å². The van der Waals surface area contributed by atoms with Crippen molar-refractivity contribution in [2.45, 2.75) is 40.3 Å². The molecule has 23 heavy (non-hydrogen) atoms. The van der Waals surface area contributed by atoms with Crippen molar-refractivity contribution in [3.05, 3.63) is 34.4 Å². The van der Waals surface area contributed by atoms with Gasteiger partial charge in [0.1, 0.15) is 12.4 Å². The summed E-state index contributed by atoms with van der Waals surface area (Å²) in [7, 11) is 0. The van der Waals surface area contributed by atoms with E-state index in [1.165, 1.54) is 6.42 Å². The third-order valence-corrected chi connectivity index (χ3v) is 4.92. The van der Waals surface area contributed by atoms with Crippen LogP contribution in [0.3, 0.4) is 0 Å². The minimum atomic E-state index is 0.0155. The molecule has 0 aliphatic carbocycles. The van der Waals surface area contributed by atoms with Gasteiger partial charge in [0.2, 0.25) is 0 Å². The summed E-state index contributed by atoms with van der Waals surface area (Å²) < 4.78 is 3.51. The zero-order chi connectivity index (χ0) is 16.6. The molecule has 2 aromatic rings. The van der Waals surface area contributed by atoms with Gasteiger partial charge in [0, 0.05) is 19.3 Å². The molecule has 7 heteroatoms.